The average molecular weight is 384 g/mol. The number of amides is 1. The van der Waals surface area contributed by atoms with Crippen LogP contribution in [0.3, 0.4) is 0 Å². The van der Waals surface area contributed by atoms with Crippen molar-refractivity contribution in [2.75, 3.05) is 20.2 Å². The Kier molecular flexibility index (Phi) is 6.05. The standard InChI is InChI=1S/C17H24N2O6S/c1-11(2)13-5-7-14(8-6-13)26(23,24)19-10-9-18(12(3)20)16(25-4)15(19)17(21)22/h5-8,11,15-16H,9-10H2,1-4H3,(H,21,22). The molecule has 0 spiro atoms. The second kappa shape index (κ2) is 7.73. The van der Waals surface area contributed by atoms with E-state index in [4.69, 9.17) is 4.74 Å². The maximum absolute atomic E-state index is 13.0. The van der Waals surface area contributed by atoms with Crippen LogP contribution in [0.5, 0.6) is 0 Å². The molecular weight excluding hydrogens is 360 g/mol. The molecule has 1 aliphatic heterocycles. The number of piperazine rings is 1. The van der Waals surface area contributed by atoms with Gasteiger partial charge in [-0.05, 0) is 23.6 Å². The largest absolute Gasteiger partial charge is 0.480 e. The first kappa shape index (κ1) is 20.3. The van der Waals surface area contributed by atoms with E-state index < -0.39 is 28.3 Å². The molecule has 1 heterocycles. The molecule has 1 aromatic rings. The van der Waals surface area contributed by atoms with Gasteiger partial charge < -0.3 is 14.7 Å². The molecule has 0 aromatic heterocycles. The number of nitrogens with zero attached hydrogens (tertiary/aromatic N) is 2. The van der Waals surface area contributed by atoms with Gasteiger partial charge in [-0.15, -0.1) is 0 Å². The van der Waals surface area contributed by atoms with Gasteiger partial charge in [0.2, 0.25) is 15.9 Å². The first-order valence-corrected chi connectivity index (χ1v) is 9.70. The number of carboxylic acid groups (broad SMARTS) is 1. The SMILES string of the molecule is COC1C(C(=O)O)N(S(=O)(=O)c2ccc(C(C)C)cc2)CCN1C(C)=O. The molecule has 144 valence electrons. The molecule has 26 heavy (non-hydrogen) atoms. The Morgan fingerprint density at radius 2 is 1.77 bits per heavy atom. The lowest BCUT2D eigenvalue weighted by Crippen LogP contribution is -2.65. The van der Waals surface area contributed by atoms with Crippen LogP contribution in [0.15, 0.2) is 29.2 Å². The molecule has 1 aromatic carbocycles. The topological polar surface area (TPSA) is 104 Å². The summed E-state index contributed by atoms with van der Waals surface area (Å²) >= 11 is 0. The van der Waals surface area contributed by atoms with Crippen LogP contribution in [0.25, 0.3) is 0 Å². The van der Waals surface area contributed by atoms with Gasteiger partial charge in [-0.2, -0.15) is 4.31 Å². The number of hydrogen-bond donors (Lipinski definition) is 1. The van der Waals surface area contributed by atoms with Crippen LogP contribution in [0.2, 0.25) is 0 Å². The highest BCUT2D eigenvalue weighted by atomic mass is 32.2. The van der Waals surface area contributed by atoms with E-state index in [2.05, 4.69) is 0 Å². The summed E-state index contributed by atoms with van der Waals surface area (Å²) in [4.78, 5) is 24.8. The van der Waals surface area contributed by atoms with Crippen molar-refractivity contribution in [3.05, 3.63) is 29.8 Å². The van der Waals surface area contributed by atoms with Crippen molar-refractivity contribution < 1.29 is 27.9 Å². The van der Waals surface area contributed by atoms with Gasteiger partial charge in [-0.25, -0.2) is 8.42 Å². The molecule has 0 bridgehead atoms. The van der Waals surface area contributed by atoms with Crippen LogP contribution in [-0.2, 0) is 24.3 Å². The van der Waals surface area contributed by atoms with Crippen LogP contribution in [0.1, 0.15) is 32.3 Å². The maximum atomic E-state index is 13.0. The molecule has 2 rings (SSSR count). The van der Waals surface area contributed by atoms with Gasteiger partial charge in [0.1, 0.15) is 0 Å². The van der Waals surface area contributed by atoms with Crippen molar-refractivity contribution in [1.82, 2.24) is 9.21 Å². The molecule has 1 saturated heterocycles. The van der Waals surface area contributed by atoms with E-state index in [9.17, 15) is 23.1 Å². The van der Waals surface area contributed by atoms with Gasteiger partial charge in [0, 0.05) is 27.1 Å². The Morgan fingerprint density at radius 1 is 1.19 bits per heavy atom. The summed E-state index contributed by atoms with van der Waals surface area (Å²) in [6.07, 6.45) is -1.19. The monoisotopic (exact) mass is 384 g/mol. The second-order valence-electron chi connectivity index (χ2n) is 6.46. The van der Waals surface area contributed by atoms with Crippen LogP contribution >= 0.6 is 0 Å². The minimum Gasteiger partial charge on any atom is -0.480 e. The highest BCUT2D eigenvalue weighted by Crippen LogP contribution is 2.27. The normalized spacial score (nSPS) is 21.8. The zero-order chi connectivity index (χ0) is 19.6. The minimum absolute atomic E-state index is 0.0132. The predicted octanol–water partition coefficient (Wildman–Crippen LogP) is 1.09. The Labute approximate surface area is 153 Å². The van der Waals surface area contributed by atoms with Crippen molar-refractivity contribution in [2.24, 2.45) is 0 Å². The molecule has 1 fully saturated rings. The van der Waals surface area contributed by atoms with Gasteiger partial charge in [0.15, 0.2) is 12.3 Å². The fourth-order valence-corrected chi connectivity index (χ4v) is 4.62. The van der Waals surface area contributed by atoms with Gasteiger partial charge in [-0.3, -0.25) is 9.59 Å². The zero-order valence-corrected chi connectivity index (χ0v) is 16.1. The van der Waals surface area contributed by atoms with Gasteiger partial charge in [-0.1, -0.05) is 26.0 Å². The Bertz CT molecular complexity index is 775. The Balaban J connectivity index is 2.43. The Hall–Kier alpha value is -1.97. The molecule has 0 saturated carbocycles. The van der Waals surface area contributed by atoms with E-state index >= 15 is 0 Å². The summed E-state index contributed by atoms with van der Waals surface area (Å²) in [5.41, 5.74) is 0.981. The van der Waals surface area contributed by atoms with Crippen molar-refractivity contribution in [3.63, 3.8) is 0 Å². The zero-order valence-electron chi connectivity index (χ0n) is 15.2. The summed E-state index contributed by atoms with van der Waals surface area (Å²) in [7, 11) is -2.80. The van der Waals surface area contributed by atoms with Gasteiger partial charge in [0.25, 0.3) is 0 Å². The summed E-state index contributed by atoms with van der Waals surface area (Å²) in [5, 5.41) is 9.61. The predicted molar refractivity (Wildman–Crippen MR) is 94.0 cm³/mol. The van der Waals surface area contributed by atoms with Crippen LogP contribution in [0.4, 0.5) is 0 Å². The number of hydrogen-bond acceptors (Lipinski definition) is 5. The third kappa shape index (κ3) is 3.74. The summed E-state index contributed by atoms with van der Waals surface area (Å²) in [6.45, 7) is 5.22. The highest BCUT2D eigenvalue weighted by Gasteiger charge is 2.47. The second-order valence-corrected chi connectivity index (χ2v) is 8.35. The first-order chi connectivity index (χ1) is 12.1. The first-order valence-electron chi connectivity index (χ1n) is 8.26. The summed E-state index contributed by atoms with van der Waals surface area (Å²) in [6, 6.07) is 4.86. The lowest BCUT2D eigenvalue weighted by molar-refractivity contribution is -0.167. The molecule has 0 aliphatic carbocycles. The fraction of sp³-hybridized carbons (Fsp3) is 0.529. The molecular formula is C17H24N2O6S. The number of methoxy groups -OCH3 is 1. The molecule has 1 aliphatic rings. The maximum Gasteiger partial charge on any atom is 0.326 e. The number of carbonyl (C=O) groups is 2. The molecule has 2 unspecified atom stereocenters. The van der Waals surface area contributed by atoms with Crippen LogP contribution in [0, 0.1) is 0 Å². The number of rotatable bonds is 5. The van der Waals surface area contributed by atoms with Gasteiger partial charge in [0.05, 0.1) is 4.90 Å². The number of sulfonamides is 1. The highest BCUT2D eigenvalue weighted by molar-refractivity contribution is 7.89. The van der Waals surface area contributed by atoms with E-state index in [1.165, 1.54) is 31.1 Å². The van der Waals surface area contributed by atoms with E-state index in [1.54, 1.807) is 12.1 Å². The van der Waals surface area contributed by atoms with E-state index in [0.29, 0.717) is 0 Å². The molecule has 1 amide bonds. The van der Waals surface area contributed by atoms with Crippen molar-refractivity contribution in [1.29, 1.82) is 0 Å². The number of ether oxygens (including phenoxy) is 1. The molecule has 2 atom stereocenters. The van der Waals surface area contributed by atoms with Crippen molar-refractivity contribution in [2.45, 2.75) is 43.9 Å². The number of benzene rings is 1. The third-order valence-corrected chi connectivity index (χ3v) is 6.40. The third-order valence-electron chi connectivity index (χ3n) is 4.50. The lowest BCUT2D eigenvalue weighted by atomic mass is 10.0. The number of aliphatic carboxylic acids is 1. The molecule has 0 radical (unpaired) electrons. The number of carboxylic acids is 1. The van der Waals surface area contributed by atoms with E-state index in [-0.39, 0.29) is 29.8 Å². The number of carbonyl (C=O) groups excluding carboxylic acids is 1. The summed E-state index contributed by atoms with van der Waals surface area (Å²) < 4.78 is 32.1. The average Bonchev–Trinajstić information content (AvgIpc) is 2.59. The van der Waals surface area contributed by atoms with E-state index in [1.807, 2.05) is 13.8 Å². The smallest absolute Gasteiger partial charge is 0.326 e. The van der Waals surface area contributed by atoms with E-state index in [0.717, 1.165) is 9.87 Å². The molecule has 9 heteroatoms. The van der Waals surface area contributed by atoms with Gasteiger partial charge >= 0.3 is 5.97 Å². The molecule has 8 nitrogen and oxygen atoms in total. The Morgan fingerprint density at radius 3 is 2.19 bits per heavy atom. The van der Waals surface area contributed by atoms with Crippen LogP contribution in [-0.4, -0.2) is 67.1 Å². The summed E-state index contributed by atoms with van der Waals surface area (Å²) in [5.74, 6) is -1.50. The van der Waals surface area contributed by atoms with Crippen LogP contribution < -0.4 is 0 Å². The fourth-order valence-electron chi connectivity index (χ4n) is 3.05. The van der Waals surface area contributed by atoms with Crippen molar-refractivity contribution in [3.8, 4) is 0 Å². The molecule has 1 N–H and O–H groups in total. The minimum atomic E-state index is -4.06. The van der Waals surface area contributed by atoms with Crippen molar-refractivity contribution >= 4 is 21.9 Å². The lowest BCUT2D eigenvalue weighted by Gasteiger charge is -2.43. The quantitative estimate of drug-likeness (QED) is 0.815.